The minimum atomic E-state index is -0.567. The van der Waals surface area contributed by atoms with E-state index >= 15 is 0 Å². The molecule has 0 amide bonds. The maximum absolute atomic E-state index is 13.7. The Kier molecular flexibility index (Phi) is 9.91. The first-order chi connectivity index (χ1) is 14.1. The van der Waals surface area contributed by atoms with Crippen molar-refractivity contribution in [1.82, 2.24) is 10.2 Å². The SMILES string of the molecule is CCN(CC)C[C@@H](O)COc1cc(CNCCc2ccccc2F)ccc1OC. The zero-order valence-corrected chi connectivity index (χ0v) is 17.7. The van der Waals surface area contributed by atoms with Crippen molar-refractivity contribution in [1.29, 1.82) is 0 Å². The van der Waals surface area contributed by atoms with E-state index in [1.165, 1.54) is 6.07 Å². The summed E-state index contributed by atoms with van der Waals surface area (Å²) in [7, 11) is 1.60. The molecule has 0 unspecified atom stereocenters. The highest BCUT2D eigenvalue weighted by atomic mass is 19.1. The smallest absolute Gasteiger partial charge is 0.161 e. The van der Waals surface area contributed by atoms with Gasteiger partial charge in [-0.2, -0.15) is 0 Å². The van der Waals surface area contributed by atoms with Crippen LogP contribution in [0.3, 0.4) is 0 Å². The third-order valence-electron chi connectivity index (χ3n) is 4.88. The minimum absolute atomic E-state index is 0.169. The lowest BCUT2D eigenvalue weighted by Gasteiger charge is -2.22. The van der Waals surface area contributed by atoms with Gasteiger partial charge in [-0.25, -0.2) is 4.39 Å². The van der Waals surface area contributed by atoms with E-state index in [1.54, 1.807) is 19.2 Å². The molecule has 0 radical (unpaired) electrons. The zero-order valence-electron chi connectivity index (χ0n) is 17.7. The highest BCUT2D eigenvalue weighted by molar-refractivity contribution is 5.43. The van der Waals surface area contributed by atoms with Gasteiger partial charge in [0.1, 0.15) is 18.5 Å². The van der Waals surface area contributed by atoms with Gasteiger partial charge in [0.2, 0.25) is 0 Å². The molecule has 29 heavy (non-hydrogen) atoms. The summed E-state index contributed by atoms with van der Waals surface area (Å²) in [5, 5.41) is 13.6. The Bertz CT molecular complexity index is 738. The fourth-order valence-electron chi connectivity index (χ4n) is 3.12. The van der Waals surface area contributed by atoms with Gasteiger partial charge in [-0.05, 0) is 55.4 Å². The van der Waals surface area contributed by atoms with Gasteiger partial charge in [0.25, 0.3) is 0 Å². The van der Waals surface area contributed by atoms with Crippen LogP contribution in [0.1, 0.15) is 25.0 Å². The lowest BCUT2D eigenvalue weighted by Crippen LogP contribution is -2.35. The number of nitrogens with one attached hydrogen (secondary N) is 1. The second-order valence-electron chi connectivity index (χ2n) is 6.95. The number of nitrogens with zero attached hydrogens (tertiary/aromatic N) is 1. The maximum atomic E-state index is 13.7. The van der Waals surface area contributed by atoms with Crippen LogP contribution >= 0.6 is 0 Å². The van der Waals surface area contributed by atoms with Gasteiger partial charge in [-0.15, -0.1) is 0 Å². The number of halogens is 1. The van der Waals surface area contributed by atoms with E-state index in [4.69, 9.17) is 9.47 Å². The Labute approximate surface area is 173 Å². The Morgan fingerprint density at radius 1 is 1.10 bits per heavy atom. The number of rotatable bonds is 13. The van der Waals surface area contributed by atoms with Crippen molar-refractivity contribution in [2.45, 2.75) is 32.9 Å². The fraction of sp³-hybridized carbons (Fsp3) is 0.478. The Morgan fingerprint density at radius 2 is 1.86 bits per heavy atom. The van der Waals surface area contributed by atoms with Crippen LogP contribution in [0.2, 0.25) is 0 Å². The van der Waals surface area contributed by atoms with Gasteiger partial charge in [0.15, 0.2) is 11.5 Å². The number of hydrogen-bond acceptors (Lipinski definition) is 5. The summed E-state index contributed by atoms with van der Waals surface area (Å²) in [4.78, 5) is 2.15. The van der Waals surface area contributed by atoms with Crippen molar-refractivity contribution >= 4 is 0 Å². The monoisotopic (exact) mass is 404 g/mol. The molecule has 0 aliphatic carbocycles. The average molecular weight is 405 g/mol. The molecule has 0 heterocycles. The molecule has 0 bridgehead atoms. The summed E-state index contributed by atoms with van der Waals surface area (Å²) in [6.07, 6.45) is 0.0613. The van der Waals surface area contributed by atoms with Crippen LogP contribution in [0.25, 0.3) is 0 Å². The molecular formula is C23H33FN2O3. The van der Waals surface area contributed by atoms with Crippen molar-refractivity contribution < 1.29 is 19.0 Å². The van der Waals surface area contributed by atoms with E-state index in [1.807, 2.05) is 24.3 Å². The highest BCUT2D eigenvalue weighted by Crippen LogP contribution is 2.28. The van der Waals surface area contributed by atoms with E-state index in [0.29, 0.717) is 43.1 Å². The molecule has 0 spiro atoms. The molecule has 0 saturated heterocycles. The van der Waals surface area contributed by atoms with E-state index in [9.17, 15) is 9.50 Å². The molecule has 5 nitrogen and oxygen atoms in total. The summed E-state index contributed by atoms with van der Waals surface area (Å²) in [5.74, 6) is 1.08. The van der Waals surface area contributed by atoms with Crippen LogP contribution in [0.15, 0.2) is 42.5 Å². The second kappa shape index (κ2) is 12.4. The fourth-order valence-corrected chi connectivity index (χ4v) is 3.12. The van der Waals surface area contributed by atoms with E-state index in [0.717, 1.165) is 18.7 Å². The molecule has 2 N–H and O–H groups in total. The molecule has 2 aromatic rings. The van der Waals surface area contributed by atoms with E-state index < -0.39 is 6.10 Å². The Morgan fingerprint density at radius 3 is 2.55 bits per heavy atom. The average Bonchev–Trinajstić information content (AvgIpc) is 2.74. The first kappa shape index (κ1) is 23.1. The number of aliphatic hydroxyl groups excluding tert-OH is 1. The zero-order chi connectivity index (χ0) is 21.1. The number of ether oxygens (including phenoxy) is 2. The summed E-state index contributed by atoms with van der Waals surface area (Å²) in [6.45, 7) is 8.02. The number of likely N-dealkylation sites (N-methyl/N-ethyl adjacent to an activating group) is 1. The second-order valence-corrected chi connectivity index (χ2v) is 6.95. The summed E-state index contributed by atoms with van der Waals surface area (Å²) < 4.78 is 24.9. The van der Waals surface area contributed by atoms with Crippen molar-refractivity contribution in [3.63, 3.8) is 0 Å². The molecule has 0 aliphatic rings. The predicted octanol–water partition coefficient (Wildman–Crippen LogP) is 3.25. The van der Waals surface area contributed by atoms with Gasteiger partial charge in [-0.3, -0.25) is 0 Å². The first-order valence-corrected chi connectivity index (χ1v) is 10.2. The van der Waals surface area contributed by atoms with Crippen LogP contribution in [0.5, 0.6) is 11.5 Å². The predicted molar refractivity (Wildman–Crippen MR) is 114 cm³/mol. The first-order valence-electron chi connectivity index (χ1n) is 10.2. The third kappa shape index (κ3) is 7.65. The minimum Gasteiger partial charge on any atom is -0.493 e. The number of benzene rings is 2. The van der Waals surface area contributed by atoms with E-state index in [2.05, 4.69) is 24.1 Å². The maximum Gasteiger partial charge on any atom is 0.161 e. The normalized spacial score (nSPS) is 12.2. The van der Waals surface area contributed by atoms with Gasteiger partial charge < -0.3 is 24.8 Å². The van der Waals surface area contributed by atoms with Gasteiger partial charge in [0, 0.05) is 13.1 Å². The molecule has 2 aromatic carbocycles. The van der Waals surface area contributed by atoms with Crippen molar-refractivity contribution in [2.75, 3.05) is 39.9 Å². The number of methoxy groups -OCH3 is 1. The topological polar surface area (TPSA) is 54.0 Å². The molecule has 2 rings (SSSR count). The summed E-state index contributed by atoms with van der Waals surface area (Å²) in [6, 6.07) is 12.6. The largest absolute Gasteiger partial charge is 0.493 e. The van der Waals surface area contributed by atoms with Gasteiger partial charge in [0.05, 0.1) is 7.11 Å². The van der Waals surface area contributed by atoms with Crippen molar-refractivity contribution in [3.8, 4) is 11.5 Å². The van der Waals surface area contributed by atoms with Gasteiger partial charge >= 0.3 is 0 Å². The lowest BCUT2D eigenvalue weighted by atomic mass is 10.1. The number of hydrogen-bond donors (Lipinski definition) is 2. The molecule has 0 fully saturated rings. The van der Waals surface area contributed by atoms with E-state index in [-0.39, 0.29) is 12.4 Å². The Balaban J connectivity index is 1.86. The number of aliphatic hydroxyl groups is 1. The molecule has 6 heteroatoms. The van der Waals surface area contributed by atoms with Crippen LogP contribution in [0.4, 0.5) is 4.39 Å². The molecule has 1 atom stereocenters. The molecular weight excluding hydrogens is 371 g/mol. The standard InChI is InChI=1S/C23H33FN2O3/c1-4-26(5-2)16-20(27)17-29-23-14-18(10-11-22(23)28-3)15-25-13-12-19-8-6-7-9-21(19)24/h6-11,14,20,25,27H,4-5,12-13,15-17H2,1-3H3/t20-/m1/s1. The highest BCUT2D eigenvalue weighted by Gasteiger charge is 2.12. The van der Waals surface area contributed by atoms with Gasteiger partial charge in [-0.1, -0.05) is 38.1 Å². The quantitative estimate of drug-likeness (QED) is 0.502. The van der Waals surface area contributed by atoms with Crippen molar-refractivity contribution in [2.24, 2.45) is 0 Å². The molecule has 0 aromatic heterocycles. The van der Waals surface area contributed by atoms with Crippen LogP contribution < -0.4 is 14.8 Å². The summed E-state index contributed by atoms with van der Waals surface area (Å²) >= 11 is 0. The molecule has 160 valence electrons. The van der Waals surface area contributed by atoms with Crippen LogP contribution in [-0.2, 0) is 13.0 Å². The van der Waals surface area contributed by atoms with Crippen molar-refractivity contribution in [3.05, 3.63) is 59.4 Å². The molecule has 0 saturated carbocycles. The summed E-state index contributed by atoms with van der Waals surface area (Å²) in [5.41, 5.74) is 1.74. The van der Waals surface area contributed by atoms with Crippen LogP contribution in [-0.4, -0.2) is 56.0 Å². The Hall–Kier alpha value is -2.15. The third-order valence-corrected chi connectivity index (χ3v) is 4.88. The van der Waals surface area contributed by atoms with Crippen LogP contribution in [0, 0.1) is 5.82 Å². The lowest BCUT2D eigenvalue weighted by molar-refractivity contribution is 0.0705. The molecule has 0 aliphatic heterocycles.